The number of nitriles is 1. The van der Waals surface area contributed by atoms with Gasteiger partial charge in [0, 0.05) is 32.0 Å². The average molecular weight is 375 g/mol. The first-order valence-electron chi connectivity index (χ1n) is 8.21. The predicted molar refractivity (Wildman–Crippen MR) is 93.3 cm³/mol. The lowest BCUT2D eigenvalue weighted by molar-refractivity contribution is 0.400. The molecule has 9 heteroatoms. The SMILES string of the molecule is N#Cc1nccnc1N1CCC(CNS(=O)(=O)c2ccc(F)cc2)CC1. The van der Waals surface area contributed by atoms with E-state index in [0.717, 1.165) is 25.0 Å². The van der Waals surface area contributed by atoms with Crippen LogP contribution in [0.2, 0.25) is 0 Å². The second-order valence-corrected chi connectivity index (χ2v) is 7.84. The first-order chi connectivity index (χ1) is 12.5. The molecule has 0 atom stereocenters. The van der Waals surface area contributed by atoms with Crippen molar-refractivity contribution in [2.24, 2.45) is 5.92 Å². The Hall–Kier alpha value is -2.57. The summed E-state index contributed by atoms with van der Waals surface area (Å²) in [6.07, 6.45) is 4.58. The summed E-state index contributed by atoms with van der Waals surface area (Å²) in [7, 11) is -3.65. The molecule has 136 valence electrons. The van der Waals surface area contributed by atoms with E-state index in [0.29, 0.717) is 31.1 Å². The highest BCUT2D eigenvalue weighted by Crippen LogP contribution is 2.23. The minimum atomic E-state index is -3.65. The zero-order chi connectivity index (χ0) is 18.6. The first kappa shape index (κ1) is 18.2. The standard InChI is InChI=1S/C17H18FN5O2S/c18-14-1-3-15(4-2-14)26(24,25)22-12-13-5-9-23(10-6-13)17-16(11-19)20-7-8-21-17/h1-4,7-8,13,22H,5-6,9-10,12H2. The highest BCUT2D eigenvalue weighted by molar-refractivity contribution is 7.89. The molecule has 1 aliphatic heterocycles. The van der Waals surface area contributed by atoms with Gasteiger partial charge < -0.3 is 4.90 Å². The van der Waals surface area contributed by atoms with Gasteiger partial charge in [-0.25, -0.2) is 27.5 Å². The third-order valence-electron chi connectivity index (χ3n) is 4.38. The molecule has 0 unspecified atom stereocenters. The molecule has 0 spiro atoms. The van der Waals surface area contributed by atoms with Crippen LogP contribution in [0.1, 0.15) is 18.5 Å². The Morgan fingerprint density at radius 3 is 2.50 bits per heavy atom. The van der Waals surface area contributed by atoms with Crippen molar-refractivity contribution in [1.29, 1.82) is 5.26 Å². The van der Waals surface area contributed by atoms with Gasteiger partial charge in [0.05, 0.1) is 4.90 Å². The largest absolute Gasteiger partial charge is 0.354 e. The molecule has 0 amide bonds. The molecule has 3 rings (SSSR count). The van der Waals surface area contributed by atoms with Gasteiger partial charge in [0.2, 0.25) is 10.0 Å². The van der Waals surface area contributed by atoms with Gasteiger partial charge in [-0.05, 0) is 43.0 Å². The molecular weight excluding hydrogens is 357 g/mol. The fourth-order valence-electron chi connectivity index (χ4n) is 2.91. The molecule has 1 saturated heterocycles. The Morgan fingerprint density at radius 2 is 1.85 bits per heavy atom. The summed E-state index contributed by atoms with van der Waals surface area (Å²) >= 11 is 0. The molecule has 1 aliphatic rings. The Bertz CT molecular complexity index is 903. The van der Waals surface area contributed by atoms with Crippen LogP contribution in [0.15, 0.2) is 41.6 Å². The third kappa shape index (κ3) is 4.15. The molecule has 1 aromatic carbocycles. The summed E-state index contributed by atoms with van der Waals surface area (Å²) in [6.45, 7) is 1.67. The number of nitrogens with zero attached hydrogens (tertiary/aromatic N) is 4. The van der Waals surface area contributed by atoms with Crippen molar-refractivity contribution < 1.29 is 12.8 Å². The van der Waals surface area contributed by atoms with Crippen molar-refractivity contribution in [3.8, 4) is 6.07 Å². The topological polar surface area (TPSA) is 99.0 Å². The molecule has 1 N–H and O–H groups in total. The van der Waals surface area contributed by atoms with Crippen LogP contribution in [0.3, 0.4) is 0 Å². The van der Waals surface area contributed by atoms with Gasteiger partial charge in [-0.2, -0.15) is 5.26 Å². The van der Waals surface area contributed by atoms with Gasteiger partial charge >= 0.3 is 0 Å². The van der Waals surface area contributed by atoms with Crippen molar-refractivity contribution in [2.75, 3.05) is 24.5 Å². The minimum Gasteiger partial charge on any atom is -0.354 e. The summed E-state index contributed by atoms with van der Waals surface area (Å²) in [5.74, 6) is 0.279. The van der Waals surface area contributed by atoms with E-state index in [4.69, 9.17) is 5.26 Å². The number of aromatic nitrogens is 2. The summed E-state index contributed by atoms with van der Waals surface area (Å²) in [6, 6.07) is 6.78. The molecule has 0 bridgehead atoms. The van der Waals surface area contributed by atoms with Gasteiger partial charge in [-0.15, -0.1) is 0 Å². The molecule has 26 heavy (non-hydrogen) atoms. The van der Waals surface area contributed by atoms with Crippen molar-refractivity contribution in [2.45, 2.75) is 17.7 Å². The summed E-state index contributed by atoms with van der Waals surface area (Å²) < 4.78 is 40.0. The van der Waals surface area contributed by atoms with Gasteiger partial charge in [0.15, 0.2) is 11.5 Å². The van der Waals surface area contributed by atoms with Crippen LogP contribution in [-0.2, 0) is 10.0 Å². The number of anilines is 1. The van der Waals surface area contributed by atoms with E-state index in [9.17, 15) is 12.8 Å². The van der Waals surface area contributed by atoms with E-state index < -0.39 is 15.8 Å². The van der Waals surface area contributed by atoms with Gasteiger partial charge in [-0.3, -0.25) is 0 Å². The van der Waals surface area contributed by atoms with Crippen LogP contribution in [-0.4, -0.2) is 38.0 Å². The Balaban J connectivity index is 1.56. The van der Waals surface area contributed by atoms with Crippen LogP contribution in [0.4, 0.5) is 10.2 Å². The zero-order valence-corrected chi connectivity index (χ0v) is 14.8. The fourth-order valence-corrected chi connectivity index (χ4v) is 4.03. The summed E-state index contributed by atoms with van der Waals surface area (Å²) in [5.41, 5.74) is 0.294. The quantitative estimate of drug-likeness (QED) is 0.854. The second kappa shape index (κ2) is 7.76. The molecule has 2 heterocycles. The molecule has 7 nitrogen and oxygen atoms in total. The fraction of sp³-hybridized carbons (Fsp3) is 0.353. The van der Waals surface area contributed by atoms with Crippen molar-refractivity contribution in [3.05, 3.63) is 48.2 Å². The normalized spacial score (nSPS) is 15.6. The van der Waals surface area contributed by atoms with E-state index in [1.165, 1.54) is 18.3 Å². The maximum absolute atomic E-state index is 12.9. The van der Waals surface area contributed by atoms with Crippen LogP contribution >= 0.6 is 0 Å². The molecular formula is C17H18FN5O2S. The maximum atomic E-state index is 12.9. The lowest BCUT2D eigenvalue weighted by Gasteiger charge is -2.32. The average Bonchev–Trinajstić information content (AvgIpc) is 2.67. The monoisotopic (exact) mass is 375 g/mol. The zero-order valence-electron chi connectivity index (χ0n) is 14.0. The molecule has 2 aromatic rings. The number of nitrogens with one attached hydrogen (secondary N) is 1. The maximum Gasteiger partial charge on any atom is 0.240 e. The van der Waals surface area contributed by atoms with Crippen molar-refractivity contribution in [3.63, 3.8) is 0 Å². The van der Waals surface area contributed by atoms with Crippen LogP contribution in [0, 0.1) is 23.1 Å². The summed E-state index contributed by atoms with van der Waals surface area (Å²) in [4.78, 5) is 10.3. The molecule has 0 aliphatic carbocycles. The molecule has 1 aromatic heterocycles. The third-order valence-corrected chi connectivity index (χ3v) is 5.82. The highest BCUT2D eigenvalue weighted by Gasteiger charge is 2.24. The van der Waals surface area contributed by atoms with E-state index in [1.807, 2.05) is 11.0 Å². The van der Waals surface area contributed by atoms with Crippen LogP contribution in [0.5, 0.6) is 0 Å². The lowest BCUT2D eigenvalue weighted by atomic mass is 9.97. The van der Waals surface area contributed by atoms with Crippen molar-refractivity contribution in [1.82, 2.24) is 14.7 Å². The van der Waals surface area contributed by atoms with Gasteiger partial charge in [0.1, 0.15) is 11.9 Å². The number of halogens is 1. The smallest absolute Gasteiger partial charge is 0.240 e. The second-order valence-electron chi connectivity index (χ2n) is 6.08. The predicted octanol–water partition coefficient (Wildman–Crippen LogP) is 1.68. The number of rotatable bonds is 5. The van der Waals surface area contributed by atoms with Gasteiger partial charge in [0.25, 0.3) is 0 Å². The van der Waals surface area contributed by atoms with Crippen LogP contribution < -0.4 is 9.62 Å². The van der Waals surface area contributed by atoms with E-state index in [1.54, 1.807) is 6.20 Å². The Morgan fingerprint density at radius 1 is 1.19 bits per heavy atom. The number of sulfonamides is 1. The number of benzene rings is 1. The lowest BCUT2D eigenvalue weighted by Crippen LogP contribution is -2.39. The Labute approximate surface area is 151 Å². The van der Waals surface area contributed by atoms with Crippen molar-refractivity contribution >= 4 is 15.8 Å². The molecule has 0 saturated carbocycles. The first-order valence-corrected chi connectivity index (χ1v) is 9.69. The minimum absolute atomic E-state index is 0.0505. The number of piperidine rings is 1. The number of hydrogen-bond acceptors (Lipinski definition) is 6. The molecule has 1 fully saturated rings. The van der Waals surface area contributed by atoms with E-state index in [-0.39, 0.29) is 10.8 Å². The summed E-state index contributed by atoms with van der Waals surface area (Å²) in [5, 5.41) is 9.12. The Kier molecular flexibility index (Phi) is 5.44. The molecule has 0 radical (unpaired) electrons. The van der Waals surface area contributed by atoms with E-state index in [2.05, 4.69) is 14.7 Å². The number of hydrogen-bond donors (Lipinski definition) is 1. The van der Waals surface area contributed by atoms with Crippen LogP contribution in [0.25, 0.3) is 0 Å². The van der Waals surface area contributed by atoms with Gasteiger partial charge in [-0.1, -0.05) is 0 Å². The highest BCUT2D eigenvalue weighted by atomic mass is 32.2. The van der Waals surface area contributed by atoms with E-state index >= 15 is 0 Å².